The van der Waals surface area contributed by atoms with Crippen LogP contribution in [0.5, 0.6) is 0 Å². The number of carbonyl (C=O) groups is 1. The normalized spacial score (nSPS) is 9.73. The summed E-state index contributed by atoms with van der Waals surface area (Å²) in [7, 11) is 1.28. The highest BCUT2D eigenvalue weighted by Gasteiger charge is 2.18. The van der Waals surface area contributed by atoms with Crippen LogP contribution in [0.1, 0.15) is 16.2 Å². The highest BCUT2D eigenvalue weighted by molar-refractivity contribution is 9.10. The summed E-state index contributed by atoms with van der Waals surface area (Å²) in [5.74, 6) is -0.428. The fourth-order valence-electron chi connectivity index (χ4n) is 0.578. The van der Waals surface area contributed by atoms with E-state index in [0.29, 0.717) is 10.2 Å². The maximum absolute atomic E-state index is 10.9. The van der Waals surface area contributed by atoms with Crippen LogP contribution >= 0.6 is 15.9 Å². The number of halogens is 1. The molecular formula is C6H6BrNO3. The molecule has 0 aliphatic carbocycles. The first-order chi connectivity index (χ1) is 5.16. The van der Waals surface area contributed by atoms with Gasteiger partial charge in [0.1, 0.15) is 0 Å². The lowest BCUT2D eigenvalue weighted by Crippen LogP contribution is -1.99. The fraction of sp³-hybridized carbons (Fsp3) is 0.333. The zero-order valence-corrected chi connectivity index (χ0v) is 7.64. The second kappa shape index (κ2) is 3.04. The van der Waals surface area contributed by atoms with Crippen molar-refractivity contribution in [2.45, 2.75) is 6.92 Å². The predicted octanol–water partition coefficient (Wildman–Crippen LogP) is 1.53. The highest BCUT2D eigenvalue weighted by atomic mass is 79.9. The van der Waals surface area contributed by atoms with Crippen molar-refractivity contribution in [3.63, 3.8) is 0 Å². The molecule has 4 nitrogen and oxygen atoms in total. The predicted molar refractivity (Wildman–Crippen MR) is 40.3 cm³/mol. The minimum atomic E-state index is -0.530. The van der Waals surface area contributed by atoms with Crippen LogP contribution < -0.4 is 0 Å². The standard InChI is InChI=1S/C6H6BrNO3/c1-3-4(7)5(11-8-3)6(9)10-2/h1-2H3. The number of esters is 1. The lowest BCUT2D eigenvalue weighted by molar-refractivity contribution is 0.0553. The Morgan fingerprint density at radius 2 is 2.36 bits per heavy atom. The van der Waals surface area contributed by atoms with Crippen molar-refractivity contribution in [2.24, 2.45) is 0 Å². The molecule has 0 amide bonds. The van der Waals surface area contributed by atoms with Crippen LogP contribution in [0.3, 0.4) is 0 Å². The van der Waals surface area contributed by atoms with Gasteiger partial charge in [-0.3, -0.25) is 0 Å². The number of nitrogens with zero attached hydrogens (tertiary/aromatic N) is 1. The topological polar surface area (TPSA) is 52.3 Å². The Labute approximate surface area is 71.6 Å². The van der Waals surface area contributed by atoms with Crippen molar-refractivity contribution in [1.29, 1.82) is 0 Å². The molecule has 0 unspecified atom stereocenters. The first kappa shape index (κ1) is 8.26. The Kier molecular flexibility index (Phi) is 2.28. The monoisotopic (exact) mass is 219 g/mol. The van der Waals surface area contributed by atoms with Crippen LogP contribution in [0.2, 0.25) is 0 Å². The summed E-state index contributed by atoms with van der Waals surface area (Å²) in [6.07, 6.45) is 0. The molecule has 1 heterocycles. The van der Waals surface area contributed by atoms with Gasteiger partial charge < -0.3 is 9.26 Å². The molecule has 5 heteroatoms. The van der Waals surface area contributed by atoms with E-state index in [1.54, 1.807) is 6.92 Å². The molecule has 1 aromatic heterocycles. The van der Waals surface area contributed by atoms with E-state index in [1.165, 1.54) is 7.11 Å². The maximum Gasteiger partial charge on any atom is 0.378 e. The molecule has 0 fully saturated rings. The van der Waals surface area contributed by atoms with Crippen LogP contribution in [0.25, 0.3) is 0 Å². The number of hydrogen-bond acceptors (Lipinski definition) is 4. The third-order valence-electron chi connectivity index (χ3n) is 1.16. The molecule has 0 radical (unpaired) electrons. The Hall–Kier alpha value is -0.840. The maximum atomic E-state index is 10.9. The summed E-state index contributed by atoms with van der Waals surface area (Å²) in [6.45, 7) is 1.72. The Balaban J connectivity index is 3.04. The number of aromatic nitrogens is 1. The van der Waals surface area contributed by atoms with Crippen LogP contribution in [0, 0.1) is 6.92 Å². The summed E-state index contributed by atoms with van der Waals surface area (Å²) in [5.41, 5.74) is 0.630. The fourth-order valence-corrected chi connectivity index (χ4v) is 0.885. The zero-order valence-electron chi connectivity index (χ0n) is 6.05. The SMILES string of the molecule is COC(=O)c1onc(C)c1Br. The van der Waals surface area contributed by atoms with Crippen molar-refractivity contribution >= 4 is 21.9 Å². The van der Waals surface area contributed by atoms with E-state index in [-0.39, 0.29) is 5.76 Å². The molecule has 0 aliphatic heterocycles. The van der Waals surface area contributed by atoms with E-state index < -0.39 is 5.97 Å². The molecular weight excluding hydrogens is 214 g/mol. The molecule has 0 atom stereocenters. The highest BCUT2D eigenvalue weighted by Crippen LogP contribution is 2.20. The van der Waals surface area contributed by atoms with Crippen LogP contribution in [-0.2, 0) is 4.74 Å². The number of ether oxygens (including phenoxy) is 1. The van der Waals surface area contributed by atoms with Crippen LogP contribution in [-0.4, -0.2) is 18.2 Å². The average molecular weight is 220 g/mol. The van der Waals surface area contributed by atoms with Gasteiger partial charge >= 0.3 is 5.97 Å². The van der Waals surface area contributed by atoms with Gasteiger partial charge in [-0.05, 0) is 22.9 Å². The van der Waals surface area contributed by atoms with E-state index in [4.69, 9.17) is 0 Å². The quantitative estimate of drug-likeness (QED) is 0.673. The van der Waals surface area contributed by atoms with Gasteiger partial charge in [0.25, 0.3) is 5.76 Å². The molecule has 60 valence electrons. The molecule has 0 N–H and O–H groups in total. The Morgan fingerprint density at radius 3 is 2.73 bits per heavy atom. The summed E-state index contributed by atoms with van der Waals surface area (Å²) in [5, 5.41) is 3.56. The minimum absolute atomic E-state index is 0.102. The molecule has 11 heavy (non-hydrogen) atoms. The first-order valence-corrected chi connectivity index (χ1v) is 3.66. The summed E-state index contributed by atoms with van der Waals surface area (Å²) < 4.78 is 9.65. The van der Waals surface area contributed by atoms with Crippen molar-refractivity contribution in [2.75, 3.05) is 7.11 Å². The second-order valence-electron chi connectivity index (χ2n) is 1.90. The van der Waals surface area contributed by atoms with Gasteiger partial charge in [0.15, 0.2) is 0 Å². The second-order valence-corrected chi connectivity index (χ2v) is 2.70. The van der Waals surface area contributed by atoms with Crippen molar-refractivity contribution < 1.29 is 14.1 Å². The third kappa shape index (κ3) is 1.42. The van der Waals surface area contributed by atoms with E-state index in [9.17, 15) is 4.79 Å². The molecule has 0 spiro atoms. The van der Waals surface area contributed by atoms with Crippen molar-refractivity contribution in [3.05, 3.63) is 15.9 Å². The van der Waals surface area contributed by atoms with Crippen molar-refractivity contribution in [1.82, 2.24) is 5.16 Å². The smallest absolute Gasteiger partial charge is 0.378 e. The zero-order chi connectivity index (χ0) is 8.43. The summed E-state index contributed by atoms with van der Waals surface area (Å²) in [4.78, 5) is 10.9. The molecule has 1 rings (SSSR count). The minimum Gasteiger partial charge on any atom is -0.463 e. The molecule has 0 bridgehead atoms. The van der Waals surface area contributed by atoms with E-state index in [1.807, 2.05) is 0 Å². The van der Waals surface area contributed by atoms with Gasteiger partial charge in [-0.2, -0.15) is 0 Å². The van der Waals surface area contributed by atoms with Gasteiger partial charge in [-0.1, -0.05) is 5.16 Å². The number of carbonyl (C=O) groups excluding carboxylic acids is 1. The van der Waals surface area contributed by atoms with Gasteiger partial charge in [0, 0.05) is 0 Å². The summed E-state index contributed by atoms with van der Waals surface area (Å²) in [6, 6.07) is 0. The van der Waals surface area contributed by atoms with Crippen LogP contribution in [0.15, 0.2) is 9.00 Å². The molecule has 0 saturated carbocycles. The van der Waals surface area contributed by atoms with Crippen LogP contribution in [0.4, 0.5) is 0 Å². The van der Waals surface area contributed by atoms with Gasteiger partial charge in [-0.15, -0.1) is 0 Å². The number of methoxy groups -OCH3 is 1. The van der Waals surface area contributed by atoms with Gasteiger partial charge in [0.2, 0.25) is 0 Å². The van der Waals surface area contributed by atoms with Gasteiger partial charge in [-0.25, -0.2) is 4.79 Å². The lowest BCUT2D eigenvalue weighted by Gasteiger charge is -1.91. The average Bonchev–Trinajstić information content (AvgIpc) is 2.32. The van der Waals surface area contributed by atoms with E-state index >= 15 is 0 Å². The third-order valence-corrected chi connectivity index (χ3v) is 2.10. The lowest BCUT2D eigenvalue weighted by atomic mass is 10.4. The first-order valence-electron chi connectivity index (χ1n) is 2.87. The van der Waals surface area contributed by atoms with E-state index in [0.717, 1.165) is 0 Å². The molecule has 0 saturated heterocycles. The molecule has 0 aliphatic rings. The number of rotatable bonds is 1. The molecule has 1 aromatic rings. The largest absolute Gasteiger partial charge is 0.463 e. The Morgan fingerprint density at radius 1 is 1.73 bits per heavy atom. The number of aryl methyl sites for hydroxylation is 1. The summed E-state index contributed by atoms with van der Waals surface area (Å²) >= 11 is 3.13. The van der Waals surface area contributed by atoms with Gasteiger partial charge in [0.05, 0.1) is 17.3 Å². The van der Waals surface area contributed by atoms with E-state index in [2.05, 4.69) is 30.3 Å². The van der Waals surface area contributed by atoms with Crippen molar-refractivity contribution in [3.8, 4) is 0 Å². The molecule has 0 aromatic carbocycles. The Bertz CT molecular complexity index is 281. The number of hydrogen-bond donors (Lipinski definition) is 0.